The Morgan fingerprint density at radius 1 is 1.00 bits per heavy atom. The van der Waals surface area contributed by atoms with Gasteiger partial charge < -0.3 is 20.5 Å². The second kappa shape index (κ2) is 11.3. The Bertz CT molecular complexity index is 1000. The van der Waals surface area contributed by atoms with Gasteiger partial charge in [0, 0.05) is 24.8 Å². The Morgan fingerprint density at radius 3 is 2.15 bits per heavy atom. The lowest BCUT2D eigenvalue weighted by Gasteiger charge is -2.16. The maximum Gasteiger partial charge on any atom is 0.407 e. The molecule has 7 nitrogen and oxygen atoms in total. The van der Waals surface area contributed by atoms with Crippen LogP contribution in [0.1, 0.15) is 17.0 Å². The van der Waals surface area contributed by atoms with Crippen molar-refractivity contribution in [2.24, 2.45) is 5.92 Å². The highest BCUT2D eigenvalue weighted by atomic mass is 32.2. The number of nitrogens with one attached hydrogen (secondary N) is 2. The third-order valence-electron chi connectivity index (χ3n) is 5.29. The van der Waals surface area contributed by atoms with Crippen molar-refractivity contribution in [3.8, 4) is 11.1 Å². The van der Waals surface area contributed by atoms with Crippen LogP contribution in [0.3, 0.4) is 0 Å². The van der Waals surface area contributed by atoms with Gasteiger partial charge in [-0.15, -0.1) is 0 Å². The van der Waals surface area contributed by atoms with Gasteiger partial charge in [0.1, 0.15) is 6.61 Å². The van der Waals surface area contributed by atoms with Crippen molar-refractivity contribution in [3.05, 3.63) is 59.7 Å². The molecule has 3 N–H and O–H groups in total. The summed E-state index contributed by atoms with van der Waals surface area (Å²) in [4.78, 5) is 34.4. The first-order valence-electron chi connectivity index (χ1n) is 10.4. The van der Waals surface area contributed by atoms with E-state index < -0.39 is 36.6 Å². The fraction of sp³-hybridized carbons (Fsp3) is 0.348. The summed E-state index contributed by atoms with van der Waals surface area (Å²) < 4.78 is 43.1. The molecule has 2 aromatic carbocycles. The van der Waals surface area contributed by atoms with Gasteiger partial charge in [0.2, 0.25) is 5.91 Å². The van der Waals surface area contributed by atoms with Crippen LogP contribution in [0, 0.1) is 5.92 Å². The van der Waals surface area contributed by atoms with E-state index in [0.717, 1.165) is 34.0 Å². The summed E-state index contributed by atoms with van der Waals surface area (Å²) in [6.45, 7) is -0.676. The van der Waals surface area contributed by atoms with E-state index in [1.54, 1.807) is 0 Å². The predicted octanol–water partition coefficient (Wildman–Crippen LogP) is 3.64. The molecule has 1 aliphatic rings. The highest BCUT2D eigenvalue weighted by Crippen LogP contribution is 2.44. The van der Waals surface area contributed by atoms with Crippen LogP contribution in [0.2, 0.25) is 0 Å². The average Bonchev–Trinajstić information content (AvgIpc) is 3.10. The molecular formula is C23H23F3N2O5S. The molecule has 11 heteroatoms. The van der Waals surface area contributed by atoms with Gasteiger partial charge in [-0.25, -0.2) is 4.79 Å². The number of benzene rings is 2. The summed E-state index contributed by atoms with van der Waals surface area (Å²) in [5, 5.41) is 13.1. The Hall–Kier alpha value is -3.21. The highest BCUT2D eigenvalue weighted by molar-refractivity contribution is 7.99. The van der Waals surface area contributed by atoms with E-state index in [1.165, 1.54) is 0 Å². The molecule has 182 valence electrons. The Balaban J connectivity index is 1.35. The number of alkyl carbamates (subject to hydrolysis) is 1. The summed E-state index contributed by atoms with van der Waals surface area (Å²) in [7, 11) is 0. The fourth-order valence-corrected chi connectivity index (χ4v) is 4.33. The number of alkyl halides is 3. The quantitative estimate of drug-likeness (QED) is 0.434. The van der Waals surface area contributed by atoms with E-state index in [1.807, 2.05) is 53.8 Å². The van der Waals surface area contributed by atoms with Crippen LogP contribution in [0.4, 0.5) is 18.0 Å². The number of hydrogen-bond donors (Lipinski definition) is 3. The first kappa shape index (κ1) is 25.4. The number of hydrogen-bond acceptors (Lipinski definition) is 5. The summed E-state index contributed by atoms with van der Waals surface area (Å²) in [6.07, 6.45) is -5.56. The Labute approximate surface area is 198 Å². The zero-order valence-corrected chi connectivity index (χ0v) is 18.7. The minimum absolute atomic E-state index is 0.0671. The van der Waals surface area contributed by atoms with Gasteiger partial charge in [0.05, 0.1) is 5.75 Å². The topological polar surface area (TPSA) is 105 Å². The molecule has 1 atom stereocenters. The van der Waals surface area contributed by atoms with Gasteiger partial charge in [-0.05, 0) is 22.3 Å². The molecule has 0 aliphatic heterocycles. The van der Waals surface area contributed by atoms with E-state index in [2.05, 4.69) is 5.32 Å². The number of carbonyl (C=O) groups is 3. The van der Waals surface area contributed by atoms with Crippen LogP contribution in [-0.4, -0.2) is 60.5 Å². The van der Waals surface area contributed by atoms with Crippen molar-refractivity contribution in [1.29, 1.82) is 0 Å². The van der Waals surface area contributed by atoms with Gasteiger partial charge in [-0.1, -0.05) is 48.5 Å². The summed E-state index contributed by atoms with van der Waals surface area (Å²) in [5.41, 5.74) is 4.42. The van der Waals surface area contributed by atoms with Gasteiger partial charge in [0.25, 0.3) is 0 Å². The molecule has 0 saturated heterocycles. The lowest BCUT2D eigenvalue weighted by molar-refractivity contribution is -0.192. The van der Waals surface area contributed by atoms with Crippen molar-refractivity contribution in [3.63, 3.8) is 0 Å². The molecular weight excluding hydrogens is 473 g/mol. The molecule has 0 saturated carbocycles. The zero-order chi connectivity index (χ0) is 24.7. The largest absolute Gasteiger partial charge is 0.481 e. The van der Waals surface area contributed by atoms with Crippen LogP contribution in [0.5, 0.6) is 0 Å². The molecule has 1 unspecified atom stereocenters. The van der Waals surface area contributed by atoms with E-state index in [-0.39, 0.29) is 24.8 Å². The van der Waals surface area contributed by atoms with Gasteiger partial charge in [-0.2, -0.15) is 24.9 Å². The molecule has 3 rings (SSSR count). The minimum Gasteiger partial charge on any atom is -0.481 e. The number of halogens is 3. The summed E-state index contributed by atoms with van der Waals surface area (Å²) in [6, 6.07) is 15.9. The van der Waals surface area contributed by atoms with Crippen molar-refractivity contribution in [2.75, 3.05) is 31.2 Å². The molecule has 0 fully saturated rings. The normalized spacial score (nSPS) is 13.5. The molecule has 0 radical (unpaired) electrons. The maximum atomic E-state index is 12.6. The van der Waals surface area contributed by atoms with Crippen molar-refractivity contribution in [1.82, 2.24) is 10.6 Å². The summed E-state index contributed by atoms with van der Waals surface area (Å²) in [5.74, 6) is -5.34. The number of carboxylic acids is 1. The number of thioether (sulfide) groups is 1. The average molecular weight is 497 g/mol. The van der Waals surface area contributed by atoms with Crippen molar-refractivity contribution < 1.29 is 37.4 Å². The third kappa shape index (κ3) is 6.43. The van der Waals surface area contributed by atoms with Gasteiger partial charge >= 0.3 is 18.2 Å². The second-order valence-corrected chi connectivity index (χ2v) is 8.65. The smallest absolute Gasteiger partial charge is 0.407 e. The number of fused-ring (bicyclic) bond motifs is 3. The number of carboxylic acid groups (broad SMARTS) is 1. The molecule has 0 aromatic heterocycles. The monoisotopic (exact) mass is 496 g/mol. The zero-order valence-electron chi connectivity index (χ0n) is 17.9. The van der Waals surface area contributed by atoms with E-state index in [0.29, 0.717) is 5.75 Å². The molecule has 2 amide bonds. The summed E-state index contributed by atoms with van der Waals surface area (Å²) >= 11 is 1.08. The minimum atomic E-state index is -4.95. The number of ether oxygens (including phenoxy) is 1. The van der Waals surface area contributed by atoms with Gasteiger partial charge in [0.15, 0.2) is 5.92 Å². The van der Waals surface area contributed by atoms with E-state index >= 15 is 0 Å². The van der Waals surface area contributed by atoms with E-state index in [9.17, 15) is 27.6 Å². The predicted molar refractivity (Wildman–Crippen MR) is 121 cm³/mol. The first-order valence-corrected chi connectivity index (χ1v) is 11.6. The standard InChI is InChI=1S/C23H23F3N2O5S/c24-23(25,26)19(21(30)31)11-28-20(29)13-34-10-9-27-22(32)33-12-18-16-7-3-1-5-14(16)15-6-2-4-8-17(15)18/h1-8,18-19H,9-13H2,(H,27,32)(H,28,29)(H,30,31). The van der Waals surface area contributed by atoms with Gasteiger partial charge in [-0.3, -0.25) is 9.59 Å². The number of aliphatic carboxylic acids is 1. The lowest BCUT2D eigenvalue weighted by atomic mass is 9.98. The van der Waals surface area contributed by atoms with Crippen LogP contribution < -0.4 is 10.6 Å². The number of amides is 2. The molecule has 0 bridgehead atoms. The van der Waals surface area contributed by atoms with Crippen molar-refractivity contribution in [2.45, 2.75) is 12.1 Å². The Morgan fingerprint density at radius 2 is 1.59 bits per heavy atom. The number of carbonyl (C=O) groups excluding carboxylic acids is 2. The molecule has 2 aromatic rings. The molecule has 34 heavy (non-hydrogen) atoms. The lowest BCUT2D eigenvalue weighted by Crippen LogP contribution is -2.41. The highest BCUT2D eigenvalue weighted by Gasteiger charge is 2.45. The van der Waals surface area contributed by atoms with E-state index in [4.69, 9.17) is 9.84 Å². The second-order valence-electron chi connectivity index (χ2n) is 7.54. The molecule has 0 heterocycles. The van der Waals surface area contributed by atoms with Crippen LogP contribution in [-0.2, 0) is 14.3 Å². The van der Waals surface area contributed by atoms with Crippen LogP contribution >= 0.6 is 11.8 Å². The molecule has 0 spiro atoms. The maximum absolute atomic E-state index is 12.6. The number of rotatable bonds is 10. The van der Waals surface area contributed by atoms with Crippen molar-refractivity contribution >= 4 is 29.7 Å². The SMILES string of the molecule is O=C(CSCCNC(=O)OCC1c2ccccc2-c2ccccc21)NCC(C(=O)O)C(F)(F)F. The van der Waals surface area contributed by atoms with Crippen LogP contribution in [0.15, 0.2) is 48.5 Å². The molecule has 1 aliphatic carbocycles. The fourth-order valence-electron chi connectivity index (χ4n) is 3.65. The van der Waals surface area contributed by atoms with Crippen LogP contribution in [0.25, 0.3) is 11.1 Å². The first-order chi connectivity index (χ1) is 16.2. The Kier molecular flexibility index (Phi) is 8.43. The third-order valence-corrected chi connectivity index (χ3v) is 6.25.